The third kappa shape index (κ3) is 3.10. The van der Waals surface area contributed by atoms with Crippen molar-refractivity contribution in [3.8, 4) is 17.0 Å². The van der Waals surface area contributed by atoms with Crippen LogP contribution in [0, 0.1) is 0 Å². The smallest absolute Gasteiger partial charge is 0.155 e. The molecular weight excluding hydrogens is 360 g/mol. The Balaban J connectivity index is 1.39. The molecule has 2 aliphatic heterocycles. The van der Waals surface area contributed by atoms with Gasteiger partial charge in [0.25, 0.3) is 0 Å². The molecule has 2 aliphatic carbocycles. The number of fused-ring (bicyclic) bond motifs is 1. The van der Waals surface area contributed by atoms with E-state index in [9.17, 15) is 5.11 Å². The highest BCUT2D eigenvalue weighted by molar-refractivity contribution is 5.75. The zero-order valence-corrected chi connectivity index (χ0v) is 17.3. The molecule has 1 aromatic heterocycles. The maximum Gasteiger partial charge on any atom is 0.155 e. The summed E-state index contributed by atoms with van der Waals surface area (Å²) in [6, 6.07) is 6.77. The van der Waals surface area contributed by atoms with Gasteiger partial charge in [-0.3, -0.25) is 0 Å². The number of likely N-dealkylation sites (tertiary alicyclic amines) is 1. The molecule has 0 radical (unpaired) electrons. The van der Waals surface area contributed by atoms with Gasteiger partial charge in [-0.15, -0.1) is 10.2 Å². The summed E-state index contributed by atoms with van der Waals surface area (Å²) in [6.07, 6.45) is 8.53. The van der Waals surface area contributed by atoms with E-state index in [1.807, 2.05) is 6.07 Å². The standard InChI is InChI=1S/C24H30N4O/c1-27-11-2-3-18(14-27)28-12-10-20-22(16-6-7-16)23(25-26-24(20)28)19-9-8-17(13-21(19)29)15-4-5-15/h8-9,13,15-16,18,29H,2-7,10-12,14H2,1H3/t18-/m1/s1. The van der Waals surface area contributed by atoms with Gasteiger partial charge in [0.1, 0.15) is 11.4 Å². The van der Waals surface area contributed by atoms with E-state index >= 15 is 0 Å². The quantitative estimate of drug-likeness (QED) is 0.853. The Morgan fingerprint density at radius 3 is 2.55 bits per heavy atom. The molecule has 0 amide bonds. The lowest BCUT2D eigenvalue weighted by molar-refractivity contribution is 0.245. The summed E-state index contributed by atoms with van der Waals surface area (Å²) >= 11 is 0. The van der Waals surface area contributed by atoms with Crippen LogP contribution in [0.4, 0.5) is 5.82 Å². The van der Waals surface area contributed by atoms with Gasteiger partial charge in [-0.2, -0.15) is 0 Å². The summed E-state index contributed by atoms with van der Waals surface area (Å²) in [4.78, 5) is 4.96. The first-order chi connectivity index (χ1) is 14.2. The SMILES string of the molecule is CN1CCC[C@@H](N2CCc3c2nnc(-c2ccc(C4CC4)cc2O)c3C2CC2)C1. The topological polar surface area (TPSA) is 52.5 Å². The fourth-order valence-corrected chi connectivity index (χ4v) is 5.47. The molecule has 3 fully saturated rings. The van der Waals surface area contributed by atoms with Crippen LogP contribution in [0.5, 0.6) is 5.75 Å². The normalized spacial score (nSPS) is 24.7. The summed E-state index contributed by atoms with van der Waals surface area (Å²) < 4.78 is 0. The fraction of sp³-hybridized carbons (Fsp3) is 0.583. The van der Waals surface area contributed by atoms with Gasteiger partial charge in [0.15, 0.2) is 5.82 Å². The number of anilines is 1. The second-order valence-electron chi connectivity index (χ2n) is 9.59. The van der Waals surface area contributed by atoms with Gasteiger partial charge >= 0.3 is 0 Å². The molecule has 6 rings (SSSR count). The summed E-state index contributed by atoms with van der Waals surface area (Å²) in [7, 11) is 2.22. The van der Waals surface area contributed by atoms with Gasteiger partial charge < -0.3 is 14.9 Å². The lowest BCUT2D eigenvalue weighted by atomic mass is 9.95. The molecule has 0 unspecified atom stereocenters. The molecule has 3 heterocycles. The predicted molar refractivity (Wildman–Crippen MR) is 115 cm³/mol. The van der Waals surface area contributed by atoms with Gasteiger partial charge in [-0.25, -0.2) is 0 Å². The van der Waals surface area contributed by atoms with Crippen LogP contribution in [0.2, 0.25) is 0 Å². The molecule has 5 nitrogen and oxygen atoms in total. The highest BCUT2D eigenvalue weighted by Crippen LogP contribution is 2.50. The van der Waals surface area contributed by atoms with Crippen molar-refractivity contribution >= 4 is 5.82 Å². The molecule has 5 heteroatoms. The molecule has 1 aromatic carbocycles. The first-order valence-electron chi connectivity index (χ1n) is 11.4. The maximum absolute atomic E-state index is 10.8. The van der Waals surface area contributed by atoms with Gasteiger partial charge in [0.05, 0.1) is 0 Å². The van der Waals surface area contributed by atoms with Crippen molar-refractivity contribution in [2.24, 2.45) is 0 Å². The number of benzene rings is 1. The predicted octanol–water partition coefficient (Wildman–Crippen LogP) is 4.06. The molecule has 0 spiro atoms. The van der Waals surface area contributed by atoms with E-state index in [1.54, 1.807) is 0 Å². The molecule has 152 valence electrons. The van der Waals surface area contributed by atoms with Crippen molar-refractivity contribution in [1.82, 2.24) is 15.1 Å². The number of aromatic hydroxyl groups is 1. The van der Waals surface area contributed by atoms with E-state index in [4.69, 9.17) is 10.2 Å². The number of aromatic nitrogens is 2. The Labute approximate surface area is 172 Å². The van der Waals surface area contributed by atoms with Gasteiger partial charge in [0.2, 0.25) is 0 Å². The van der Waals surface area contributed by atoms with Crippen LogP contribution in [0.15, 0.2) is 18.2 Å². The minimum Gasteiger partial charge on any atom is -0.507 e. The molecule has 1 N–H and O–H groups in total. The molecule has 0 bridgehead atoms. The number of phenols is 1. The fourth-order valence-electron chi connectivity index (χ4n) is 5.47. The van der Waals surface area contributed by atoms with Gasteiger partial charge in [-0.05, 0) is 93.6 Å². The highest BCUT2D eigenvalue weighted by atomic mass is 16.3. The van der Waals surface area contributed by atoms with E-state index in [0.717, 1.165) is 36.6 Å². The van der Waals surface area contributed by atoms with Crippen LogP contribution in [-0.2, 0) is 6.42 Å². The Morgan fingerprint density at radius 2 is 1.83 bits per heavy atom. The average molecular weight is 391 g/mol. The van der Waals surface area contributed by atoms with Gasteiger partial charge in [-0.1, -0.05) is 6.07 Å². The Kier molecular flexibility index (Phi) is 4.09. The minimum absolute atomic E-state index is 0.370. The van der Waals surface area contributed by atoms with Crippen molar-refractivity contribution < 1.29 is 5.11 Å². The number of likely N-dealkylation sites (N-methyl/N-ethyl adjacent to an activating group) is 1. The first kappa shape index (κ1) is 17.7. The summed E-state index contributed by atoms with van der Waals surface area (Å²) in [5.41, 5.74) is 5.82. The largest absolute Gasteiger partial charge is 0.507 e. The summed E-state index contributed by atoms with van der Waals surface area (Å²) in [5, 5.41) is 20.3. The first-order valence-corrected chi connectivity index (χ1v) is 11.4. The van der Waals surface area contributed by atoms with E-state index in [-0.39, 0.29) is 0 Å². The van der Waals surface area contributed by atoms with E-state index in [0.29, 0.717) is 23.6 Å². The maximum atomic E-state index is 10.8. The third-order valence-corrected chi connectivity index (χ3v) is 7.32. The van der Waals surface area contributed by atoms with Crippen LogP contribution in [0.25, 0.3) is 11.3 Å². The number of hydrogen-bond donors (Lipinski definition) is 1. The van der Waals surface area contributed by atoms with Crippen molar-refractivity contribution in [3.63, 3.8) is 0 Å². The molecule has 29 heavy (non-hydrogen) atoms. The zero-order chi connectivity index (χ0) is 19.5. The summed E-state index contributed by atoms with van der Waals surface area (Å²) in [5.74, 6) is 2.72. The Morgan fingerprint density at radius 1 is 1.00 bits per heavy atom. The lowest BCUT2D eigenvalue weighted by Crippen LogP contribution is -2.46. The monoisotopic (exact) mass is 390 g/mol. The third-order valence-electron chi connectivity index (χ3n) is 7.32. The number of rotatable bonds is 4. The van der Waals surface area contributed by atoms with Gasteiger partial charge in [0, 0.05) is 30.3 Å². The second kappa shape index (κ2) is 6.69. The van der Waals surface area contributed by atoms with Crippen LogP contribution < -0.4 is 4.90 Å². The lowest BCUT2D eigenvalue weighted by Gasteiger charge is -2.36. The number of piperidine rings is 1. The van der Waals surface area contributed by atoms with Crippen molar-refractivity contribution in [3.05, 3.63) is 34.9 Å². The van der Waals surface area contributed by atoms with Crippen LogP contribution >= 0.6 is 0 Å². The van der Waals surface area contributed by atoms with Crippen molar-refractivity contribution in [2.75, 3.05) is 31.6 Å². The minimum atomic E-state index is 0.370. The van der Waals surface area contributed by atoms with Crippen molar-refractivity contribution in [1.29, 1.82) is 0 Å². The van der Waals surface area contributed by atoms with E-state index in [1.165, 1.54) is 61.8 Å². The van der Waals surface area contributed by atoms with E-state index < -0.39 is 0 Å². The molecule has 1 atom stereocenters. The number of nitrogens with zero attached hydrogens (tertiary/aromatic N) is 4. The van der Waals surface area contributed by atoms with Crippen LogP contribution in [-0.4, -0.2) is 52.9 Å². The van der Waals surface area contributed by atoms with Crippen molar-refractivity contribution in [2.45, 2.75) is 62.8 Å². The molecule has 4 aliphatic rings. The molecule has 2 saturated carbocycles. The average Bonchev–Trinajstić information content (AvgIpc) is 3.64. The zero-order valence-electron chi connectivity index (χ0n) is 17.3. The summed E-state index contributed by atoms with van der Waals surface area (Å²) in [6.45, 7) is 3.37. The molecular formula is C24H30N4O. The Hall–Kier alpha value is -2.14. The highest BCUT2D eigenvalue weighted by Gasteiger charge is 2.38. The molecule has 2 aromatic rings. The van der Waals surface area contributed by atoms with Crippen LogP contribution in [0.1, 0.15) is 67.1 Å². The van der Waals surface area contributed by atoms with E-state index in [2.05, 4.69) is 29.0 Å². The molecule has 1 saturated heterocycles. The number of hydrogen-bond acceptors (Lipinski definition) is 5. The second-order valence-corrected chi connectivity index (χ2v) is 9.59. The van der Waals surface area contributed by atoms with Crippen LogP contribution in [0.3, 0.4) is 0 Å². The Bertz CT molecular complexity index is 950. The number of phenolic OH excluding ortho intramolecular Hbond substituents is 1.